The Morgan fingerprint density at radius 3 is 1.35 bits per heavy atom. The zero-order valence-electron chi connectivity index (χ0n) is 32.7. The van der Waals surface area contributed by atoms with E-state index in [1.54, 1.807) is 0 Å². The van der Waals surface area contributed by atoms with E-state index in [0.717, 1.165) is 88.1 Å². The van der Waals surface area contributed by atoms with Crippen molar-refractivity contribution in [3.05, 3.63) is 175 Å². The molecule has 0 radical (unpaired) electrons. The summed E-state index contributed by atoms with van der Waals surface area (Å²) in [6.07, 6.45) is 0. The molecule has 1 aliphatic carbocycles. The van der Waals surface area contributed by atoms with Crippen LogP contribution >= 0.6 is 0 Å². The minimum absolute atomic E-state index is 0.162. The van der Waals surface area contributed by atoms with Crippen LogP contribution in [-0.2, 0) is 5.41 Å². The third-order valence-corrected chi connectivity index (χ3v) is 12.5. The molecular formula is C54H33N3O3. The fourth-order valence-corrected chi connectivity index (χ4v) is 9.93. The van der Waals surface area contributed by atoms with Crippen LogP contribution in [0.25, 0.3) is 122 Å². The molecule has 0 atom stereocenters. The van der Waals surface area contributed by atoms with Gasteiger partial charge in [0.05, 0.1) is 0 Å². The van der Waals surface area contributed by atoms with Crippen LogP contribution in [0.1, 0.15) is 25.0 Å². The van der Waals surface area contributed by atoms with E-state index in [2.05, 4.69) is 105 Å². The highest BCUT2D eigenvalue weighted by atomic mass is 16.3. The molecule has 282 valence electrons. The lowest BCUT2D eigenvalue weighted by Gasteiger charge is -2.24. The number of hydrogen-bond acceptors (Lipinski definition) is 6. The van der Waals surface area contributed by atoms with Gasteiger partial charge in [-0.2, -0.15) is 0 Å². The fraction of sp³-hybridized carbons (Fsp3) is 0.0556. The van der Waals surface area contributed by atoms with E-state index in [9.17, 15) is 0 Å². The monoisotopic (exact) mass is 771 g/mol. The van der Waals surface area contributed by atoms with Crippen molar-refractivity contribution in [3.63, 3.8) is 0 Å². The van der Waals surface area contributed by atoms with Crippen LogP contribution in [0.4, 0.5) is 0 Å². The summed E-state index contributed by atoms with van der Waals surface area (Å²) in [6, 6.07) is 56.5. The molecule has 4 aromatic heterocycles. The molecule has 6 heteroatoms. The van der Waals surface area contributed by atoms with Gasteiger partial charge < -0.3 is 13.3 Å². The van der Waals surface area contributed by atoms with E-state index in [1.807, 2.05) is 72.8 Å². The van der Waals surface area contributed by atoms with E-state index in [1.165, 1.54) is 27.8 Å². The van der Waals surface area contributed by atoms with Gasteiger partial charge in [-0.15, -0.1) is 0 Å². The number of para-hydroxylation sites is 2. The summed E-state index contributed by atoms with van der Waals surface area (Å²) >= 11 is 0. The molecule has 0 spiro atoms. The molecule has 0 aliphatic heterocycles. The first-order chi connectivity index (χ1) is 29.5. The van der Waals surface area contributed by atoms with Gasteiger partial charge in [-0.25, -0.2) is 15.0 Å². The van der Waals surface area contributed by atoms with Crippen LogP contribution in [0.3, 0.4) is 0 Å². The third-order valence-electron chi connectivity index (χ3n) is 12.5. The molecular weight excluding hydrogens is 739 g/mol. The van der Waals surface area contributed by atoms with Gasteiger partial charge in [0.15, 0.2) is 17.5 Å². The molecule has 0 saturated heterocycles. The van der Waals surface area contributed by atoms with Gasteiger partial charge in [0.25, 0.3) is 0 Å². The number of hydrogen-bond donors (Lipinski definition) is 0. The van der Waals surface area contributed by atoms with Crippen molar-refractivity contribution in [1.29, 1.82) is 0 Å². The standard InChI is InChI=1S/C54H33N3O3/c1-54(2)40-21-6-3-13-32(40)33-17-9-16-31(50(33)54)30-27-28-43-39(29-30)49-38(20-12-26-46(49)60-43)53-56-51(36-18-10-24-44-47(36)34-14-4-7-22-41(34)58-44)55-52(57-53)37-19-11-25-45-48(37)35-15-5-8-23-42(35)59-45/h3-29H,1-2H3. The van der Waals surface area contributed by atoms with Gasteiger partial charge in [-0.05, 0) is 75.8 Å². The summed E-state index contributed by atoms with van der Waals surface area (Å²) in [5, 5.41) is 5.87. The first kappa shape index (κ1) is 33.2. The Hall–Kier alpha value is -7.83. The third kappa shape index (κ3) is 4.61. The second kappa shape index (κ2) is 12.1. The molecule has 0 saturated carbocycles. The molecule has 6 nitrogen and oxygen atoms in total. The Bertz CT molecular complexity index is 3640. The van der Waals surface area contributed by atoms with Crippen molar-refractivity contribution in [3.8, 4) is 56.4 Å². The number of fused-ring (bicyclic) bond motifs is 12. The SMILES string of the molecule is CC1(C)c2ccccc2-c2cccc(-c3ccc4oc5cccc(-c6nc(-c7cccc8oc9ccccc9c78)nc(-c7cccc8oc9ccccc9c78)n6)c5c4c3)c21. The predicted octanol–water partition coefficient (Wildman–Crippen LogP) is 14.5. The van der Waals surface area contributed by atoms with Crippen molar-refractivity contribution in [1.82, 2.24) is 15.0 Å². The van der Waals surface area contributed by atoms with Crippen LogP contribution in [-0.4, -0.2) is 15.0 Å². The lowest BCUT2D eigenvalue weighted by molar-refractivity contribution is 0.662. The van der Waals surface area contributed by atoms with E-state index < -0.39 is 0 Å². The van der Waals surface area contributed by atoms with Gasteiger partial charge in [0, 0.05) is 54.4 Å². The van der Waals surface area contributed by atoms with Gasteiger partial charge in [-0.3, -0.25) is 0 Å². The van der Waals surface area contributed by atoms with Gasteiger partial charge in [-0.1, -0.05) is 135 Å². The lowest BCUT2D eigenvalue weighted by Crippen LogP contribution is -2.16. The number of rotatable bonds is 4. The highest BCUT2D eigenvalue weighted by Gasteiger charge is 2.37. The summed E-state index contributed by atoms with van der Waals surface area (Å²) in [7, 11) is 0. The quantitative estimate of drug-likeness (QED) is 0.177. The van der Waals surface area contributed by atoms with Crippen molar-refractivity contribution in [2.45, 2.75) is 19.3 Å². The van der Waals surface area contributed by atoms with Gasteiger partial charge in [0.2, 0.25) is 0 Å². The Labute approximate surface area is 343 Å². The van der Waals surface area contributed by atoms with Crippen molar-refractivity contribution < 1.29 is 13.3 Å². The smallest absolute Gasteiger partial charge is 0.164 e. The summed E-state index contributed by atoms with van der Waals surface area (Å²) in [6.45, 7) is 4.67. The minimum Gasteiger partial charge on any atom is -0.456 e. The maximum Gasteiger partial charge on any atom is 0.164 e. The van der Waals surface area contributed by atoms with E-state index in [-0.39, 0.29) is 5.41 Å². The number of nitrogens with zero attached hydrogens (tertiary/aromatic N) is 3. The summed E-state index contributed by atoms with van der Waals surface area (Å²) in [5.74, 6) is 1.63. The lowest BCUT2D eigenvalue weighted by atomic mass is 9.79. The van der Waals surface area contributed by atoms with E-state index in [4.69, 9.17) is 28.2 Å². The average molecular weight is 772 g/mol. The van der Waals surface area contributed by atoms with Crippen LogP contribution in [0.15, 0.2) is 177 Å². The summed E-state index contributed by atoms with van der Waals surface area (Å²) in [4.78, 5) is 16.0. The molecule has 60 heavy (non-hydrogen) atoms. The second-order valence-corrected chi connectivity index (χ2v) is 16.3. The molecule has 4 heterocycles. The maximum absolute atomic E-state index is 6.61. The first-order valence-corrected chi connectivity index (χ1v) is 20.3. The Morgan fingerprint density at radius 2 is 0.767 bits per heavy atom. The molecule has 0 unspecified atom stereocenters. The molecule has 12 aromatic rings. The Balaban J connectivity index is 1.07. The Morgan fingerprint density at radius 1 is 0.350 bits per heavy atom. The molecule has 0 amide bonds. The molecule has 8 aromatic carbocycles. The molecule has 1 aliphatic rings. The minimum atomic E-state index is -0.162. The molecule has 0 fully saturated rings. The van der Waals surface area contributed by atoms with Gasteiger partial charge >= 0.3 is 0 Å². The van der Waals surface area contributed by atoms with Crippen LogP contribution in [0, 0.1) is 0 Å². The van der Waals surface area contributed by atoms with Crippen LogP contribution in [0.5, 0.6) is 0 Å². The highest BCUT2D eigenvalue weighted by molar-refractivity contribution is 6.15. The average Bonchev–Trinajstić information content (AvgIpc) is 4.04. The normalized spacial score (nSPS) is 13.3. The van der Waals surface area contributed by atoms with Crippen molar-refractivity contribution >= 4 is 65.8 Å². The highest BCUT2D eigenvalue weighted by Crippen LogP contribution is 2.52. The number of benzene rings is 8. The fourth-order valence-electron chi connectivity index (χ4n) is 9.93. The molecule has 0 bridgehead atoms. The van der Waals surface area contributed by atoms with E-state index in [0.29, 0.717) is 17.5 Å². The van der Waals surface area contributed by atoms with Crippen LogP contribution < -0.4 is 0 Å². The number of furan rings is 3. The van der Waals surface area contributed by atoms with E-state index >= 15 is 0 Å². The first-order valence-electron chi connectivity index (χ1n) is 20.3. The topological polar surface area (TPSA) is 78.1 Å². The summed E-state index contributed by atoms with van der Waals surface area (Å²) < 4.78 is 19.3. The Kier molecular flexibility index (Phi) is 6.69. The van der Waals surface area contributed by atoms with Crippen LogP contribution in [0.2, 0.25) is 0 Å². The largest absolute Gasteiger partial charge is 0.456 e. The van der Waals surface area contributed by atoms with Gasteiger partial charge in [0.1, 0.15) is 33.5 Å². The second-order valence-electron chi connectivity index (χ2n) is 16.3. The van der Waals surface area contributed by atoms with Crippen molar-refractivity contribution in [2.75, 3.05) is 0 Å². The molecule has 0 N–H and O–H groups in total. The van der Waals surface area contributed by atoms with Crippen molar-refractivity contribution in [2.24, 2.45) is 0 Å². The maximum atomic E-state index is 6.61. The summed E-state index contributed by atoms with van der Waals surface area (Å²) in [5.41, 5.74) is 14.8. The zero-order chi connectivity index (χ0) is 39.7. The number of aromatic nitrogens is 3. The zero-order valence-corrected chi connectivity index (χ0v) is 32.7. The predicted molar refractivity (Wildman–Crippen MR) is 241 cm³/mol. The molecule has 13 rings (SSSR count).